The smallest absolute Gasteiger partial charge is 0.249 e. The summed E-state index contributed by atoms with van der Waals surface area (Å²) in [4.78, 5) is 35.3. The first-order valence-electron chi connectivity index (χ1n) is 14.7. The van der Waals surface area contributed by atoms with Crippen molar-refractivity contribution < 1.29 is 14.3 Å². The molecule has 212 valence electrons. The van der Waals surface area contributed by atoms with Crippen LogP contribution in [0.1, 0.15) is 64.1 Å². The third kappa shape index (κ3) is 4.78. The number of anilines is 2. The van der Waals surface area contributed by atoms with Crippen LogP contribution in [0.2, 0.25) is 0 Å². The topological polar surface area (TPSA) is 77.7 Å². The zero-order valence-electron chi connectivity index (χ0n) is 24.4. The molecule has 2 aliphatic carbocycles. The molecular weight excluding hydrogens is 500 g/mol. The molecule has 1 aromatic heterocycles. The van der Waals surface area contributed by atoms with E-state index >= 15 is 0 Å². The standard InChI is InChI=1S/C33H42N4O3/c1-21-29(25-8-6-7-9-27(25)34-21)30-26(32(30,2)3)20-28(38)37(24-14-15-24)33(4,5)31(39)35-22-10-12-23(13-11-22)36-16-18-40-19-17-36/h6-13,24,26,30,34H,14-20H2,1-5H3,(H,35,39)/t26-,30-/m1/s1. The SMILES string of the molecule is Cc1[nH]c2ccccc2c1[C@H]1[C@@H](CC(=O)N(C2CC2)C(C)(C)C(=O)Nc2ccc(N3CCOCC3)cc2)C1(C)C. The number of aromatic nitrogens is 1. The first-order chi connectivity index (χ1) is 19.1. The number of ether oxygens (including phenoxy) is 1. The van der Waals surface area contributed by atoms with Crippen molar-refractivity contribution in [2.24, 2.45) is 11.3 Å². The van der Waals surface area contributed by atoms with Crippen LogP contribution in [0.15, 0.2) is 48.5 Å². The van der Waals surface area contributed by atoms with Gasteiger partial charge in [-0.05, 0) is 86.8 Å². The van der Waals surface area contributed by atoms with Crippen molar-refractivity contribution in [1.82, 2.24) is 9.88 Å². The van der Waals surface area contributed by atoms with Crippen LogP contribution < -0.4 is 10.2 Å². The summed E-state index contributed by atoms with van der Waals surface area (Å²) in [6.07, 6.45) is 2.36. The van der Waals surface area contributed by atoms with Crippen molar-refractivity contribution in [1.29, 1.82) is 0 Å². The minimum atomic E-state index is -0.952. The van der Waals surface area contributed by atoms with Gasteiger partial charge in [-0.25, -0.2) is 0 Å². The van der Waals surface area contributed by atoms with E-state index in [0.29, 0.717) is 12.3 Å². The first-order valence-corrected chi connectivity index (χ1v) is 14.7. The molecule has 3 fully saturated rings. The lowest BCUT2D eigenvalue weighted by atomic mass is 9.98. The summed E-state index contributed by atoms with van der Waals surface area (Å²) in [5, 5.41) is 4.35. The Balaban J connectivity index is 1.16. The third-order valence-electron chi connectivity index (χ3n) is 9.54. The van der Waals surface area contributed by atoms with Crippen molar-refractivity contribution in [3.05, 3.63) is 59.8 Å². The lowest BCUT2D eigenvalue weighted by molar-refractivity contribution is -0.144. The maximum absolute atomic E-state index is 14.0. The molecule has 2 amide bonds. The van der Waals surface area contributed by atoms with E-state index in [1.807, 2.05) is 43.0 Å². The van der Waals surface area contributed by atoms with E-state index in [1.165, 1.54) is 16.6 Å². The zero-order chi connectivity index (χ0) is 28.2. The highest BCUT2D eigenvalue weighted by atomic mass is 16.5. The molecular formula is C33H42N4O3. The number of aryl methyl sites for hydroxylation is 1. The monoisotopic (exact) mass is 542 g/mol. The molecule has 7 heteroatoms. The normalized spacial score (nSPS) is 22.3. The number of carbonyl (C=O) groups is 2. The largest absolute Gasteiger partial charge is 0.378 e. The minimum absolute atomic E-state index is 0.0231. The van der Waals surface area contributed by atoms with Gasteiger partial charge < -0.3 is 24.8 Å². The van der Waals surface area contributed by atoms with Crippen molar-refractivity contribution in [3.8, 4) is 0 Å². The van der Waals surface area contributed by atoms with Crippen LogP contribution >= 0.6 is 0 Å². The quantitative estimate of drug-likeness (QED) is 0.374. The van der Waals surface area contributed by atoms with Crippen LogP contribution in [0.5, 0.6) is 0 Å². The second kappa shape index (κ2) is 9.95. The van der Waals surface area contributed by atoms with Crippen LogP contribution in [0.25, 0.3) is 10.9 Å². The summed E-state index contributed by atoms with van der Waals surface area (Å²) in [5.74, 6) is 0.496. The van der Waals surface area contributed by atoms with Gasteiger partial charge in [0.05, 0.1) is 13.2 Å². The second-order valence-corrected chi connectivity index (χ2v) is 13.0. The fourth-order valence-electron chi connectivity index (χ4n) is 6.96. The highest BCUT2D eigenvalue weighted by molar-refractivity contribution is 6.00. The van der Waals surface area contributed by atoms with Crippen molar-refractivity contribution in [3.63, 3.8) is 0 Å². The second-order valence-electron chi connectivity index (χ2n) is 13.0. The number of hydrogen-bond donors (Lipinski definition) is 2. The highest BCUT2D eigenvalue weighted by Crippen LogP contribution is 2.67. The molecule has 0 unspecified atom stereocenters. The molecule has 3 aliphatic rings. The van der Waals surface area contributed by atoms with Gasteiger partial charge in [0.25, 0.3) is 0 Å². The summed E-state index contributed by atoms with van der Waals surface area (Å²) in [6, 6.07) is 16.5. The van der Waals surface area contributed by atoms with Gasteiger partial charge in [0.15, 0.2) is 0 Å². The molecule has 1 aliphatic heterocycles. The molecule has 2 atom stereocenters. The number of nitrogens with zero attached hydrogens (tertiary/aromatic N) is 2. The maximum Gasteiger partial charge on any atom is 0.249 e. The molecule has 2 saturated carbocycles. The zero-order valence-corrected chi connectivity index (χ0v) is 24.4. The Labute approximate surface area is 237 Å². The number of morpholine rings is 1. The average molecular weight is 543 g/mol. The molecule has 3 aromatic rings. The maximum atomic E-state index is 14.0. The number of para-hydroxylation sites is 1. The number of fused-ring (bicyclic) bond motifs is 1. The number of benzene rings is 2. The van der Waals surface area contributed by atoms with Gasteiger partial charge in [-0.3, -0.25) is 9.59 Å². The fraction of sp³-hybridized carbons (Fsp3) is 0.515. The van der Waals surface area contributed by atoms with E-state index in [0.717, 1.165) is 56.0 Å². The lowest BCUT2D eigenvalue weighted by Gasteiger charge is -2.38. The molecule has 6 rings (SSSR count). The van der Waals surface area contributed by atoms with E-state index in [2.05, 4.69) is 60.2 Å². The molecule has 2 N–H and O–H groups in total. The van der Waals surface area contributed by atoms with E-state index in [4.69, 9.17) is 4.74 Å². The number of amides is 2. The molecule has 0 bridgehead atoms. The molecule has 2 aromatic carbocycles. The molecule has 2 heterocycles. The molecule has 7 nitrogen and oxygen atoms in total. The number of aromatic amines is 1. The van der Waals surface area contributed by atoms with Gasteiger partial charge in [0.1, 0.15) is 5.54 Å². The Morgan fingerprint density at radius 1 is 1.07 bits per heavy atom. The average Bonchev–Trinajstić information content (AvgIpc) is 3.81. The molecule has 1 saturated heterocycles. The number of carbonyl (C=O) groups excluding carboxylic acids is 2. The Morgan fingerprint density at radius 3 is 2.42 bits per heavy atom. The minimum Gasteiger partial charge on any atom is -0.378 e. The van der Waals surface area contributed by atoms with Crippen LogP contribution in [0, 0.1) is 18.3 Å². The fourth-order valence-corrected chi connectivity index (χ4v) is 6.96. The molecule has 0 spiro atoms. The van der Waals surface area contributed by atoms with Gasteiger partial charge in [-0.15, -0.1) is 0 Å². The van der Waals surface area contributed by atoms with Gasteiger partial charge in [-0.2, -0.15) is 0 Å². The molecule has 40 heavy (non-hydrogen) atoms. The van der Waals surface area contributed by atoms with Crippen molar-refractivity contribution >= 4 is 34.1 Å². The van der Waals surface area contributed by atoms with Gasteiger partial charge in [-0.1, -0.05) is 32.0 Å². The van der Waals surface area contributed by atoms with Crippen LogP contribution in [0.4, 0.5) is 11.4 Å². The predicted molar refractivity (Wildman–Crippen MR) is 160 cm³/mol. The van der Waals surface area contributed by atoms with Crippen molar-refractivity contribution in [2.45, 2.75) is 71.4 Å². The number of rotatable bonds is 8. The molecule has 0 radical (unpaired) electrons. The summed E-state index contributed by atoms with van der Waals surface area (Å²) >= 11 is 0. The summed E-state index contributed by atoms with van der Waals surface area (Å²) in [5.41, 5.74) is 4.63. The Bertz CT molecular complexity index is 1410. The van der Waals surface area contributed by atoms with E-state index in [1.54, 1.807) is 0 Å². The Hall–Kier alpha value is -3.32. The summed E-state index contributed by atoms with van der Waals surface area (Å²) < 4.78 is 5.45. The van der Waals surface area contributed by atoms with Gasteiger partial charge >= 0.3 is 0 Å². The van der Waals surface area contributed by atoms with Crippen molar-refractivity contribution in [2.75, 3.05) is 36.5 Å². The third-order valence-corrected chi connectivity index (χ3v) is 9.54. The summed E-state index contributed by atoms with van der Waals surface area (Å²) in [7, 11) is 0. The van der Waals surface area contributed by atoms with Gasteiger partial charge in [0.2, 0.25) is 11.8 Å². The van der Waals surface area contributed by atoms with Gasteiger partial charge in [0, 0.05) is 53.5 Å². The Kier molecular flexibility index (Phi) is 6.68. The van der Waals surface area contributed by atoms with E-state index in [9.17, 15) is 9.59 Å². The van der Waals surface area contributed by atoms with Crippen LogP contribution in [-0.2, 0) is 14.3 Å². The first kappa shape index (κ1) is 26.9. The highest BCUT2D eigenvalue weighted by Gasteiger charge is 2.60. The Morgan fingerprint density at radius 2 is 1.75 bits per heavy atom. The van der Waals surface area contributed by atoms with E-state index in [-0.39, 0.29) is 29.2 Å². The number of H-pyrrole nitrogens is 1. The summed E-state index contributed by atoms with van der Waals surface area (Å²) in [6.45, 7) is 13.7. The van der Waals surface area contributed by atoms with E-state index < -0.39 is 5.54 Å². The van der Waals surface area contributed by atoms with Crippen LogP contribution in [0.3, 0.4) is 0 Å². The predicted octanol–water partition coefficient (Wildman–Crippen LogP) is 5.85. The lowest BCUT2D eigenvalue weighted by Crippen LogP contribution is -2.56. The number of hydrogen-bond acceptors (Lipinski definition) is 4. The van der Waals surface area contributed by atoms with Crippen LogP contribution in [-0.4, -0.2) is 59.6 Å². The number of nitrogens with one attached hydrogen (secondary N) is 2.